The van der Waals surface area contributed by atoms with Gasteiger partial charge in [0.15, 0.2) is 0 Å². The van der Waals surface area contributed by atoms with Crippen molar-refractivity contribution < 1.29 is 0 Å². The van der Waals surface area contributed by atoms with Crippen LogP contribution in [0, 0.1) is 0 Å². The molecule has 0 bridgehead atoms. The Morgan fingerprint density at radius 2 is 2.17 bits per heavy atom. The minimum absolute atomic E-state index is 0.0389. The molecule has 2 N–H and O–H groups in total. The summed E-state index contributed by atoms with van der Waals surface area (Å²) >= 11 is 0. The van der Waals surface area contributed by atoms with Gasteiger partial charge < -0.3 is 10.3 Å². The van der Waals surface area contributed by atoms with E-state index in [-0.39, 0.29) is 6.04 Å². The van der Waals surface area contributed by atoms with Gasteiger partial charge in [0.25, 0.3) is 0 Å². The molecular formula is C15H19N3. The van der Waals surface area contributed by atoms with E-state index in [1.165, 1.54) is 36.0 Å². The first-order valence-electron chi connectivity index (χ1n) is 6.57. The van der Waals surface area contributed by atoms with E-state index in [0.29, 0.717) is 0 Å². The van der Waals surface area contributed by atoms with Crippen LogP contribution in [0.3, 0.4) is 0 Å². The zero-order chi connectivity index (χ0) is 12.5. The largest absolute Gasteiger partial charge is 0.338 e. The van der Waals surface area contributed by atoms with Crippen molar-refractivity contribution in [1.82, 2.24) is 9.55 Å². The number of nitrogens with zero attached hydrogens (tertiary/aromatic N) is 2. The molecule has 1 atom stereocenters. The van der Waals surface area contributed by atoms with E-state index in [2.05, 4.69) is 23.2 Å². The summed E-state index contributed by atoms with van der Waals surface area (Å²) in [7, 11) is 2.01. The number of rotatable bonds is 3. The number of hydrogen-bond acceptors (Lipinski definition) is 2. The van der Waals surface area contributed by atoms with E-state index in [1.54, 1.807) is 0 Å². The molecule has 1 aromatic heterocycles. The number of imidazole rings is 1. The van der Waals surface area contributed by atoms with Crippen LogP contribution in [-0.4, -0.2) is 9.55 Å². The number of benzene rings is 1. The maximum atomic E-state index is 6.30. The lowest BCUT2D eigenvalue weighted by atomic mass is 9.99. The van der Waals surface area contributed by atoms with Crippen molar-refractivity contribution in [2.45, 2.75) is 31.7 Å². The molecule has 1 unspecified atom stereocenters. The molecule has 18 heavy (non-hydrogen) atoms. The summed E-state index contributed by atoms with van der Waals surface area (Å²) in [6.07, 6.45) is 8.30. The first-order valence-corrected chi connectivity index (χ1v) is 6.57. The molecule has 3 nitrogen and oxygen atoms in total. The molecule has 0 fully saturated rings. The van der Waals surface area contributed by atoms with E-state index in [4.69, 9.17) is 5.73 Å². The molecule has 1 aliphatic carbocycles. The normalized spacial score (nSPS) is 15.7. The Labute approximate surface area is 108 Å². The minimum Gasteiger partial charge on any atom is -0.338 e. The average molecular weight is 241 g/mol. The zero-order valence-electron chi connectivity index (χ0n) is 10.8. The summed E-state index contributed by atoms with van der Waals surface area (Å²) in [6, 6.07) is 6.75. The van der Waals surface area contributed by atoms with Crippen molar-refractivity contribution >= 4 is 0 Å². The Morgan fingerprint density at radius 1 is 1.33 bits per heavy atom. The molecule has 0 radical (unpaired) electrons. The highest BCUT2D eigenvalue weighted by Crippen LogP contribution is 2.25. The van der Waals surface area contributed by atoms with Crippen molar-refractivity contribution in [3.05, 3.63) is 53.1 Å². The molecule has 94 valence electrons. The molecule has 0 saturated carbocycles. The summed E-state index contributed by atoms with van der Waals surface area (Å²) in [5.41, 5.74) is 10.5. The van der Waals surface area contributed by atoms with Crippen LogP contribution >= 0.6 is 0 Å². The van der Waals surface area contributed by atoms with Gasteiger partial charge >= 0.3 is 0 Å². The van der Waals surface area contributed by atoms with Crippen molar-refractivity contribution in [3.63, 3.8) is 0 Å². The van der Waals surface area contributed by atoms with Gasteiger partial charge in [0.2, 0.25) is 0 Å². The fraction of sp³-hybridized carbons (Fsp3) is 0.400. The fourth-order valence-corrected chi connectivity index (χ4v) is 2.73. The van der Waals surface area contributed by atoms with E-state index >= 15 is 0 Å². The Hall–Kier alpha value is -1.61. The van der Waals surface area contributed by atoms with Crippen molar-refractivity contribution in [2.24, 2.45) is 12.8 Å². The topological polar surface area (TPSA) is 43.8 Å². The zero-order valence-corrected chi connectivity index (χ0v) is 10.8. The highest BCUT2D eigenvalue weighted by Gasteiger charge is 2.15. The Balaban J connectivity index is 1.80. The minimum atomic E-state index is 0.0389. The van der Waals surface area contributed by atoms with Gasteiger partial charge in [0.05, 0.1) is 0 Å². The van der Waals surface area contributed by atoms with E-state index in [9.17, 15) is 0 Å². The lowest BCUT2D eigenvalue weighted by Gasteiger charge is -2.13. The molecule has 2 aromatic rings. The number of aromatic nitrogens is 2. The second-order valence-corrected chi connectivity index (χ2v) is 5.15. The highest BCUT2D eigenvalue weighted by atomic mass is 15.0. The summed E-state index contributed by atoms with van der Waals surface area (Å²) in [4.78, 5) is 4.34. The fourth-order valence-electron chi connectivity index (χ4n) is 2.73. The quantitative estimate of drug-likeness (QED) is 0.895. The van der Waals surface area contributed by atoms with Crippen LogP contribution in [0.15, 0.2) is 30.6 Å². The molecule has 0 saturated heterocycles. The van der Waals surface area contributed by atoms with Gasteiger partial charge in [0.1, 0.15) is 5.82 Å². The van der Waals surface area contributed by atoms with E-state index < -0.39 is 0 Å². The van der Waals surface area contributed by atoms with Gasteiger partial charge in [-0.05, 0) is 36.0 Å². The van der Waals surface area contributed by atoms with Gasteiger partial charge in [0, 0.05) is 31.9 Å². The molecule has 3 rings (SSSR count). The van der Waals surface area contributed by atoms with Gasteiger partial charge in [-0.1, -0.05) is 18.2 Å². The van der Waals surface area contributed by atoms with Crippen LogP contribution in [0.2, 0.25) is 0 Å². The number of fused-ring (bicyclic) bond motifs is 1. The van der Waals surface area contributed by atoms with E-state index in [1.807, 2.05) is 24.0 Å². The van der Waals surface area contributed by atoms with Gasteiger partial charge in [-0.2, -0.15) is 0 Å². The molecule has 1 aromatic carbocycles. The third kappa shape index (κ3) is 2.06. The summed E-state index contributed by atoms with van der Waals surface area (Å²) in [5, 5.41) is 0. The standard InChI is InChI=1S/C15H19N3/c1-18-8-7-17-15(18)10-14(16)13-6-5-11-3-2-4-12(11)9-13/h5-9,14H,2-4,10,16H2,1H3. The maximum Gasteiger partial charge on any atom is 0.110 e. The second-order valence-electron chi connectivity index (χ2n) is 5.15. The van der Waals surface area contributed by atoms with Gasteiger partial charge in [-0.25, -0.2) is 4.98 Å². The number of nitrogens with two attached hydrogens (primary N) is 1. The Kier molecular flexibility index (Phi) is 2.92. The third-order valence-electron chi connectivity index (χ3n) is 3.87. The molecule has 3 heteroatoms. The molecule has 1 heterocycles. The van der Waals surface area contributed by atoms with Crippen LogP contribution in [0.25, 0.3) is 0 Å². The lowest BCUT2D eigenvalue weighted by Crippen LogP contribution is -2.16. The smallest absolute Gasteiger partial charge is 0.110 e. The lowest BCUT2D eigenvalue weighted by molar-refractivity contribution is 0.659. The number of hydrogen-bond donors (Lipinski definition) is 1. The third-order valence-corrected chi connectivity index (χ3v) is 3.87. The highest BCUT2D eigenvalue weighted by molar-refractivity contribution is 5.36. The van der Waals surface area contributed by atoms with Crippen LogP contribution in [0.4, 0.5) is 0 Å². The Morgan fingerprint density at radius 3 is 2.94 bits per heavy atom. The molecule has 0 aliphatic heterocycles. The number of aryl methyl sites for hydroxylation is 3. The summed E-state index contributed by atoms with van der Waals surface area (Å²) in [5.74, 6) is 1.04. The second kappa shape index (κ2) is 4.58. The van der Waals surface area contributed by atoms with Crippen LogP contribution < -0.4 is 5.73 Å². The summed E-state index contributed by atoms with van der Waals surface area (Å²) in [6.45, 7) is 0. The van der Waals surface area contributed by atoms with Crippen LogP contribution in [0.5, 0.6) is 0 Å². The van der Waals surface area contributed by atoms with E-state index in [0.717, 1.165) is 12.2 Å². The first-order chi connectivity index (χ1) is 8.74. The predicted molar refractivity (Wildman–Crippen MR) is 72.3 cm³/mol. The molecule has 1 aliphatic rings. The van der Waals surface area contributed by atoms with Crippen LogP contribution in [-0.2, 0) is 26.3 Å². The van der Waals surface area contributed by atoms with Crippen LogP contribution in [0.1, 0.15) is 35.0 Å². The maximum absolute atomic E-state index is 6.30. The molecule has 0 amide bonds. The predicted octanol–water partition coefficient (Wildman–Crippen LogP) is 2.15. The van der Waals surface area contributed by atoms with Crippen molar-refractivity contribution in [2.75, 3.05) is 0 Å². The van der Waals surface area contributed by atoms with Crippen molar-refractivity contribution in [1.29, 1.82) is 0 Å². The van der Waals surface area contributed by atoms with Gasteiger partial charge in [-0.15, -0.1) is 0 Å². The molecular weight excluding hydrogens is 222 g/mol. The first kappa shape index (κ1) is 11.5. The SMILES string of the molecule is Cn1ccnc1CC(N)c1ccc2c(c1)CCC2. The van der Waals surface area contributed by atoms with Crippen molar-refractivity contribution in [3.8, 4) is 0 Å². The Bertz CT molecular complexity index is 557. The molecule has 0 spiro atoms. The average Bonchev–Trinajstić information content (AvgIpc) is 2.98. The monoisotopic (exact) mass is 241 g/mol. The summed E-state index contributed by atoms with van der Waals surface area (Å²) < 4.78 is 2.03. The van der Waals surface area contributed by atoms with Gasteiger partial charge in [-0.3, -0.25) is 0 Å².